The zero-order chi connectivity index (χ0) is 12.3. The second-order valence-corrected chi connectivity index (χ2v) is 6.01. The van der Waals surface area contributed by atoms with Gasteiger partial charge < -0.3 is 5.32 Å². The van der Waals surface area contributed by atoms with E-state index in [9.17, 15) is 0 Å². The van der Waals surface area contributed by atoms with Gasteiger partial charge in [0.2, 0.25) is 5.96 Å². The number of nitrogens with zero attached hydrogens (tertiary/aromatic N) is 1. The van der Waals surface area contributed by atoms with E-state index in [0.717, 1.165) is 24.5 Å². The molecule has 92 valence electrons. The van der Waals surface area contributed by atoms with Gasteiger partial charge in [0, 0.05) is 3.57 Å². The molecule has 1 aromatic carbocycles. The lowest BCUT2D eigenvalue weighted by Gasteiger charge is -2.21. The maximum atomic E-state index is 4.67. The summed E-state index contributed by atoms with van der Waals surface area (Å²) in [5.74, 6) is 0.873. The first-order valence-electron chi connectivity index (χ1n) is 5.80. The maximum Gasteiger partial charge on any atom is 0.206 e. The molecule has 2 rings (SSSR count). The van der Waals surface area contributed by atoms with Crippen molar-refractivity contribution in [1.29, 1.82) is 0 Å². The van der Waals surface area contributed by atoms with Crippen LogP contribution in [-0.4, -0.2) is 12.0 Å². The summed E-state index contributed by atoms with van der Waals surface area (Å²) in [7, 11) is 0. The summed E-state index contributed by atoms with van der Waals surface area (Å²) in [6.07, 6.45) is 2.15. The number of nitrogens with one attached hydrogen (secondary N) is 2. The molecule has 2 N–H and O–H groups in total. The monoisotopic (exact) mass is 361 g/mol. The summed E-state index contributed by atoms with van der Waals surface area (Å²) < 4.78 is 4.50. The Labute approximate surface area is 120 Å². The van der Waals surface area contributed by atoms with Crippen LogP contribution in [0.25, 0.3) is 0 Å². The zero-order valence-electron chi connectivity index (χ0n) is 9.96. The van der Waals surface area contributed by atoms with Crippen LogP contribution in [-0.2, 0) is 0 Å². The number of halogens is 1. The number of guanidine groups is 1. The molecular weight excluding hydrogens is 345 g/mol. The number of rotatable bonds is 3. The first kappa shape index (κ1) is 13.0. The van der Waals surface area contributed by atoms with Gasteiger partial charge in [-0.25, -0.2) is 4.99 Å². The highest BCUT2D eigenvalue weighted by Gasteiger charge is 2.14. The highest BCUT2D eigenvalue weighted by atomic mass is 127. The van der Waals surface area contributed by atoms with E-state index in [1.165, 1.54) is 8.47 Å². The van der Waals surface area contributed by atoms with Crippen LogP contribution in [0.15, 0.2) is 28.1 Å². The fourth-order valence-corrected chi connectivity index (χ4v) is 3.08. The quantitative estimate of drug-likeness (QED) is 0.634. The lowest BCUT2D eigenvalue weighted by molar-refractivity contribution is 0.630. The van der Waals surface area contributed by atoms with Gasteiger partial charge in [-0.1, -0.05) is 13.8 Å². The van der Waals surface area contributed by atoms with Gasteiger partial charge in [-0.3, -0.25) is 4.72 Å². The van der Waals surface area contributed by atoms with Crippen molar-refractivity contribution in [3.63, 3.8) is 0 Å². The molecule has 1 aliphatic rings. The molecule has 0 amide bonds. The summed E-state index contributed by atoms with van der Waals surface area (Å²) in [6, 6.07) is 6.77. The first-order chi connectivity index (χ1) is 8.22. The molecule has 0 atom stereocenters. The van der Waals surface area contributed by atoms with Crippen molar-refractivity contribution >= 4 is 46.2 Å². The summed E-state index contributed by atoms with van der Waals surface area (Å²) in [4.78, 5) is 5.89. The van der Waals surface area contributed by atoms with Gasteiger partial charge >= 0.3 is 0 Å². The number of hydrogen-bond donors (Lipinski definition) is 2. The molecule has 0 aromatic heterocycles. The fraction of sp³-hybridized carbons (Fsp3) is 0.417. The Bertz CT molecular complexity index is 430. The Balaban J connectivity index is 2.16. The number of benzene rings is 1. The highest BCUT2D eigenvalue weighted by Crippen LogP contribution is 2.30. The molecule has 17 heavy (non-hydrogen) atoms. The molecule has 5 heteroatoms. The first-order valence-corrected chi connectivity index (χ1v) is 7.69. The van der Waals surface area contributed by atoms with E-state index < -0.39 is 0 Å². The minimum atomic E-state index is 0.399. The number of hydrogen-bond acceptors (Lipinski definition) is 2. The Hall–Kier alpha value is -0.430. The van der Waals surface area contributed by atoms with Gasteiger partial charge in [0.1, 0.15) is 0 Å². The molecule has 0 bridgehead atoms. The Kier molecular flexibility index (Phi) is 4.55. The van der Waals surface area contributed by atoms with Gasteiger partial charge in [-0.2, -0.15) is 0 Å². The highest BCUT2D eigenvalue weighted by molar-refractivity contribution is 14.1. The predicted octanol–water partition coefficient (Wildman–Crippen LogP) is 3.86. The molecule has 1 aromatic rings. The summed E-state index contributed by atoms with van der Waals surface area (Å²) in [5.41, 5.74) is 1.14. The smallest absolute Gasteiger partial charge is 0.206 e. The molecule has 0 saturated heterocycles. The molecule has 1 aliphatic heterocycles. The van der Waals surface area contributed by atoms with Crippen LogP contribution in [0.2, 0.25) is 0 Å². The largest absolute Gasteiger partial charge is 0.325 e. The fourth-order valence-electron chi connectivity index (χ4n) is 1.65. The van der Waals surface area contributed by atoms with E-state index in [2.05, 4.69) is 69.7 Å². The topological polar surface area (TPSA) is 36.4 Å². The lowest BCUT2D eigenvalue weighted by atomic mass is 10.2. The van der Waals surface area contributed by atoms with Gasteiger partial charge in [-0.15, -0.1) is 0 Å². The summed E-state index contributed by atoms with van der Waals surface area (Å²) in [5, 5.41) is 3.34. The van der Waals surface area contributed by atoms with Gasteiger partial charge in [-0.05, 0) is 65.6 Å². The zero-order valence-corrected chi connectivity index (χ0v) is 12.9. The van der Waals surface area contributed by atoms with Crippen molar-refractivity contribution in [2.45, 2.75) is 37.6 Å². The number of aliphatic imine (C=N–C) groups is 1. The molecule has 0 aliphatic carbocycles. The van der Waals surface area contributed by atoms with Gasteiger partial charge in [0.15, 0.2) is 0 Å². The average molecular weight is 361 g/mol. The number of anilines is 1. The second-order valence-electron chi connectivity index (χ2n) is 3.92. The average Bonchev–Trinajstić information content (AvgIpc) is 2.36. The van der Waals surface area contributed by atoms with E-state index in [0.29, 0.717) is 6.04 Å². The van der Waals surface area contributed by atoms with Crippen LogP contribution >= 0.6 is 34.5 Å². The molecule has 0 radical (unpaired) electrons. The normalized spacial score (nSPS) is 16.6. The molecule has 3 nitrogen and oxygen atoms in total. The third-order valence-electron chi connectivity index (χ3n) is 2.71. The summed E-state index contributed by atoms with van der Waals surface area (Å²) in [6.45, 7) is 4.34. The predicted molar refractivity (Wildman–Crippen MR) is 83.6 cm³/mol. The van der Waals surface area contributed by atoms with E-state index >= 15 is 0 Å². The third-order valence-corrected chi connectivity index (χ3v) is 4.23. The standard InChI is InChI=1S/C12H16IN3S/c1-3-9(4-2)14-12-15-10-6-5-8(13)7-11(10)17-16-12/h5-7,9H,3-4H2,1-2H3,(H2,14,15,16). The third kappa shape index (κ3) is 3.28. The van der Waals surface area contributed by atoms with Crippen molar-refractivity contribution in [1.82, 2.24) is 4.72 Å². The van der Waals surface area contributed by atoms with Crippen LogP contribution in [0, 0.1) is 3.57 Å². The Morgan fingerprint density at radius 3 is 2.82 bits per heavy atom. The Morgan fingerprint density at radius 1 is 1.35 bits per heavy atom. The minimum absolute atomic E-state index is 0.399. The van der Waals surface area contributed by atoms with E-state index in [-0.39, 0.29) is 0 Å². The molecule has 0 fully saturated rings. The van der Waals surface area contributed by atoms with E-state index in [1.807, 2.05) is 0 Å². The van der Waals surface area contributed by atoms with Crippen LogP contribution < -0.4 is 10.0 Å². The molecule has 1 heterocycles. The van der Waals surface area contributed by atoms with Crippen molar-refractivity contribution in [3.8, 4) is 0 Å². The Morgan fingerprint density at radius 2 is 2.12 bits per heavy atom. The van der Waals surface area contributed by atoms with Gasteiger partial charge in [0.05, 0.1) is 16.6 Å². The van der Waals surface area contributed by atoms with Crippen LogP contribution in [0.4, 0.5) is 5.69 Å². The van der Waals surface area contributed by atoms with Crippen molar-refractivity contribution in [2.24, 2.45) is 4.99 Å². The van der Waals surface area contributed by atoms with Gasteiger partial charge in [0.25, 0.3) is 0 Å². The number of fused-ring (bicyclic) bond motifs is 1. The molecular formula is C12H16IN3S. The van der Waals surface area contributed by atoms with Crippen molar-refractivity contribution < 1.29 is 0 Å². The van der Waals surface area contributed by atoms with Crippen LogP contribution in [0.1, 0.15) is 26.7 Å². The van der Waals surface area contributed by atoms with E-state index in [1.54, 1.807) is 11.9 Å². The van der Waals surface area contributed by atoms with Crippen LogP contribution in [0.5, 0.6) is 0 Å². The maximum absolute atomic E-state index is 4.67. The summed E-state index contributed by atoms with van der Waals surface area (Å²) >= 11 is 3.95. The SMILES string of the molecule is CCC(CC)N=C1NSc2cc(I)ccc2N1. The minimum Gasteiger partial charge on any atom is -0.325 e. The van der Waals surface area contributed by atoms with E-state index in [4.69, 9.17) is 0 Å². The lowest BCUT2D eigenvalue weighted by Crippen LogP contribution is -2.30. The molecule has 0 unspecified atom stereocenters. The second kappa shape index (κ2) is 5.95. The molecule has 0 spiro atoms. The van der Waals surface area contributed by atoms with Crippen molar-refractivity contribution in [3.05, 3.63) is 21.8 Å². The molecule has 0 saturated carbocycles. The van der Waals surface area contributed by atoms with Crippen molar-refractivity contribution in [2.75, 3.05) is 5.32 Å². The van der Waals surface area contributed by atoms with Crippen LogP contribution in [0.3, 0.4) is 0 Å².